The summed E-state index contributed by atoms with van der Waals surface area (Å²) >= 11 is 0. The fourth-order valence-corrected chi connectivity index (χ4v) is 2.56. The van der Waals surface area contributed by atoms with Crippen molar-refractivity contribution in [1.82, 2.24) is 4.90 Å². The smallest absolute Gasteiger partial charge is 0.253 e. The van der Waals surface area contributed by atoms with E-state index in [1.807, 2.05) is 31.3 Å². The second kappa shape index (κ2) is 5.41. The molecule has 20 heavy (non-hydrogen) atoms. The number of aryl methyl sites for hydroxylation is 1. The van der Waals surface area contributed by atoms with Gasteiger partial charge in [0.1, 0.15) is 0 Å². The second-order valence-corrected chi connectivity index (χ2v) is 5.20. The Morgan fingerprint density at radius 3 is 3.10 bits per heavy atom. The van der Waals surface area contributed by atoms with E-state index in [4.69, 9.17) is 4.42 Å². The summed E-state index contributed by atoms with van der Waals surface area (Å²) in [5, 5.41) is 3.36. The molecule has 0 saturated carbocycles. The van der Waals surface area contributed by atoms with Crippen LogP contribution in [0.25, 0.3) is 0 Å². The number of nitrogens with zero attached hydrogens (tertiary/aromatic N) is 1. The van der Waals surface area contributed by atoms with Gasteiger partial charge in [0.15, 0.2) is 0 Å². The summed E-state index contributed by atoms with van der Waals surface area (Å²) in [6.07, 6.45) is 5.45. The molecular weight excluding hydrogens is 252 g/mol. The van der Waals surface area contributed by atoms with Gasteiger partial charge in [0, 0.05) is 37.0 Å². The number of amides is 1. The molecule has 1 aromatic heterocycles. The molecule has 4 nitrogen and oxygen atoms in total. The Morgan fingerprint density at radius 2 is 2.30 bits per heavy atom. The number of rotatable bonds is 3. The molecule has 2 heterocycles. The minimum atomic E-state index is 0.0413. The fourth-order valence-electron chi connectivity index (χ4n) is 2.56. The normalized spacial score (nSPS) is 13.4. The number of nitrogens with one attached hydrogen (secondary N) is 1. The number of fused-ring (bicyclic) bond motifs is 1. The lowest BCUT2D eigenvalue weighted by molar-refractivity contribution is 0.0785. The van der Waals surface area contributed by atoms with E-state index in [-0.39, 0.29) is 5.91 Å². The predicted molar refractivity (Wildman–Crippen MR) is 77.8 cm³/mol. The van der Waals surface area contributed by atoms with Gasteiger partial charge in [-0.2, -0.15) is 0 Å². The van der Waals surface area contributed by atoms with Crippen LogP contribution < -0.4 is 5.32 Å². The summed E-state index contributed by atoms with van der Waals surface area (Å²) in [6, 6.07) is 7.79. The highest BCUT2D eigenvalue weighted by Crippen LogP contribution is 2.23. The van der Waals surface area contributed by atoms with E-state index in [1.54, 1.807) is 17.4 Å². The Hall–Kier alpha value is -2.23. The van der Waals surface area contributed by atoms with Gasteiger partial charge in [0.25, 0.3) is 5.91 Å². The third-order valence-corrected chi connectivity index (χ3v) is 3.64. The summed E-state index contributed by atoms with van der Waals surface area (Å²) in [5.41, 5.74) is 4.14. The third kappa shape index (κ3) is 2.54. The van der Waals surface area contributed by atoms with Gasteiger partial charge in [0.2, 0.25) is 0 Å². The largest absolute Gasteiger partial charge is 0.472 e. The highest BCUT2D eigenvalue weighted by molar-refractivity contribution is 5.94. The molecule has 4 heteroatoms. The summed E-state index contributed by atoms with van der Waals surface area (Å²) < 4.78 is 5.03. The first-order chi connectivity index (χ1) is 9.74. The lowest BCUT2D eigenvalue weighted by Crippen LogP contribution is -2.26. The van der Waals surface area contributed by atoms with Crippen LogP contribution in [-0.2, 0) is 13.0 Å². The van der Waals surface area contributed by atoms with Crippen molar-refractivity contribution in [2.45, 2.75) is 19.4 Å². The molecule has 1 N–H and O–H groups in total. The van der Waals surface area contributed by atoms with Crippen molar-refractivity contribution in [2.24, 2.45) is 0 Å². The first-order valence-corrected chi connectivity index (χ1v) is 6.87. The molecule has 3 rings (SSSR count). The van der Waals surface area contributed by atoms with Crippen molar-refractivity contribution in [1.29, 1.82) is 0 Å². The molecule has 0 spiro atoms. The van der Waals surface area contributed by atoms with Crippen molar-refractivity contribution in [3.05, 3.63) is 53.5 Å². The van der Waals surface area contributed by atoms with Gasteiger partial charge in [-0.25, -0.2) is 0 Å². The maximum absolute atomic E-state index is 12.4. The van der Waals surface area contributed by atoms with Crippen molar-refractivity contribution in [3.8, 4) is 0 Å². The van der Waals surface area contributed by atoms with E-state index in [1.165, 1.54) is 5.56 Å². The Bertz CT molecular complexity index is 605. The number of furan rings is 1. The Kier molecular flexibility index (Phi) is 3.46. The predicted octanol–water partition coefficient (Wildman–Crippen LogP) is 2.91. The van der Waals surface area contributed by atoms with E-state index in [9.17, 15) is 4.79 Å². The first-order valence-electron chi connectivity index (χ1n) is 6.87. The molecule has 0 saturated heterocycles. The molecular formula is C16H18N2O2. The van der Waals surface area contributed by atoms with Crippen LogP contribution in [0.3, 0.4) is 0 Å². The van der Waals surface area contributed by atoms with Crippen LogP contribution in [0, 0.1) is 0 Å². The molecule has 0 aliphatic carbocycles. The lowest BCUT2D eigenvalue weighted by Gasteiger charge is -2.20. The quantitative estimate of drug-likeness (QED) is 0.932. The van der Waals surface area contributed by atoms with Crippen molar-refractivity contribution < 1.29 is 9.21 Å². The Labute approximate surface area is 118 Å². The first kappa shape index (κ1) is 12.8. The van der Waals surface area contributed by atoms with Gasteiger partial charge in [0.05, 0.1) is 12.5 Å². The SMILES string of the molecule is CN(Cc1ccoc1)C(=O)c1ccc2c(c1)CCCN2. The van der Waals surface area contributed by atoms with Crippen molar-refractivity contribution in [2.75, 3.05) is 18.9 Å². The Morgan fingerprint density at radius 1 is 1.40 bits per heavy atom. The molecule has 104 valence electrons. The number of benzene rings is 1. The summed E-state index contributed by atoms with van der Waals surface area (Å²) in [4.78, 5) is 14.1. The minimum Gasteiger partial charge on any atom is -0.472 e. The van der Waals surface area contributed by atoms with Crippen LogP contribution in [0.15, 0.2) is 41.2 Å². The number of carbonyl (C=O) groups is 1. The van der Waals surface area contributed by atoms with Gasteiger partial charge in [-0.15, -0.1) is 0 Å². The molecule has 1 aliphatic heterocycles. The minimum absolute atomic E-state index is 0.0413. The van der Waals surface area contributed by atoms with E-state index < -0.39 is 0 Å². The average Bonchev–Trinajstić information content (AvgIpc) is 2.99. The summed E-state index contributed by atoms with van der Waals surface area (Å²) in [5.74, 6) is 0.0413. The van der Waals surface area contributed by atoms with Gasteiger partial charge < -0.3 is 14.6 Å². The molecule has 0 bridgehead atoms. The zero-order chi connectivity index (χ0) is 13.9. The number of carbonyl (C=O) groups excluding carboxylic acids is 1. The van der Waals surface area contributed by atoms with Crippen LogP contribution in [0.4, 0.5) is 5.69 Å². The summed E-state index contributed by atoms with van der Waals surface area (Å²) in [7, 11) is 1.81. The van der Waals surface area contributed by atoms with Crippen LogP contribution >= 0.6 is 0 Å². The average molecular weight is 270 g/mol. The second-order valence-electron chi connectivity index (χ2n) is 5.20. The van der Waals surface area contributed by atoms with Crippen LogP contribution in [-0.4, -0.2) is 24.4 Å². The maximum Gasteiger partial charge on any atom is 0.253 e. The van der Waals surface area contributed by atoms with Gasteiger partial charge >= 0.3 is 0 Å². The van der Waals surface area contributed by atoms with E-state index in [0.29, 0.717) is 6.54 Å². The third-order valence-electron chi connectivity index (χ3n) is 3.64. The monoisotopic (exact) mass is 270 g/mol. The molecule has 1 aliphatic rings. The number of anilines is 1. The lowest BCUT2D eigenvalue weighted by atomic mass is 10.0. The molecule has 0 unspecified atom stereocenters. The van der Waals surface area contributed by atoms with Gasteiger partial charge in [-0.1, -0.05) is 0 Å². The molecule has 2 aromatic rings. The fraction of sp³-hybridized carbons (Fsp3) is 0.312. The van der Waals surface area contributed by atoms with Crippen LogP contribution in [0.5, 0.6) is 0 Å². The number of hydrogen-bond donors (Lipinski definition) is 1. The summed E-state index contributed by atoms with van der Waals surface area (Å²) in [6.45, 7) is 1.57. The molecule has 1 aromatic carbocycles. The van der Waals surface area contributed by atoms with E-state index in [2.05, 4.69) is 5.32 Å². The van der Waals surface area contributed by atoms with E-state index in [0.717, 1.165) is 36.2 Å². The van der Waals surface area contributed by atoms with E-state index >= 15 is 0 Å². The zero-order valence-electron chi connectivity index (χ0n) is 11.6. The van der Waals surface area contributed by atoms with Gasteiger partial charge in [-0.05, 0) is 42.7 Å². The van der Waals surface area contributed by atoms with Crippen LogP contribution in [0.1, 0.15) is 27.9 Å². The topological polar surface area (TPSA) is 45.5 Å². The van der Waals surface area contributed by atoms with Crippen molar-refractivity contribution >= 4 is 11.6 Å². The maximum atomic E-state index is 12.4. The van der Waals surface area contributed by atoms with Crippen LogP contribution in [0.2, 0.25) is 0 Å². The van der Waals surface area contributed by atoms with Gasteiger partial charge in [-0.3, -0.25) is 4.79 Å². The molecule has 0 fully saturated rings. The zero-order valence-corrected chi connectivity index (χ0v) is 11.6. The number of hydrogen-bond acceptors (Lipinski definition) is 3. The highest BCUT2D eigenvalue weighted by atomic mass is 16.3. The molecule has 0 atom stereocenters. The van der Waals surface area contributed by atoms with Crippen molar-refractivity contribution in [3.63, 3.8) is 0 Å². The molecule has 1 amide bonds. The standard InChI is InChI=1S/C16H18N2O2/c1-18(10-12-6-8-20-11-12)16(19)14-4-5-15-13(9-14)3-2-7-17-15/h4-6,8-9,11,17H,2-3,7,10H2,1H3. The highest BCUT2D eigenvalue weighted by Gasteiger charge is 2.16. The molecule has 0 radical (unpaired) electrons. The Balaban J connectivity index is 1.76.